The number of amides is 1. The Kier molecular flexibility index (Phi) is 11.2. The minimum atomic E-state index is -0.740. The largest absolute Gasteiger partial charge is 0.382 e. The Morgan fingerprint density at radius 3 is 2.51 bits per heavy atom. The van der Waals surface area contributed by atoms with Crippen LogP contribution >= 0.6 is 23.2 Å². The topological polar surface area (TPSA) is 131 Å². The van der Waals surface area contributed by atoms with Gasteiger partial charge >= 0.3 is 0 Å². The second-order valence-electron chi connectivity index (χ2n) is 9.72. The van der Waals surface area contributed by atoms with E-state index < -0.39 is 5.91 Å². The van der Waals surface area contributed by atoms with Crippen molar-refractivity contribution in [3.05, 3.63) is 45.2 Å². The van der Waals surface area contributed by atoms with E-state index >= 15 is 0 Å². The lowest BCUT2D eigenvalue weighted by Crippen LogP contribution is -2.45. The van der Waals surface area contributed by atoms with Crippen molar-refractivity contribution in [2.75, 3.05) is 56.9 Å². The lowest BCUT2D eigenvalue weighted by atomic mass is 10.0. The third-order valence-electron chi connectivity index (χ3n) is 7.06. The van der Waals surface area contributed by atoms with E-state index in [0.29, 0.717) is 18.4 Å². The van der Waals surface area contributed by atoms with Gasteiger partial charge in [-0.1, -0.05) is 42.6 Å². The maximum atomic E-state index is 11.5. The number of nitrogens with zero attached hydrogens (tertiary/aromatic N) is 5. The molecule has 1 amide bonds. The first kappa shape index (κ1) is 29.4. The fourth-order valence-corrected chi connectivity index (χ4v) is 5.27. The second-order valence-corrected chi connectivity index (χ2v) is 10.5. The van der Waals surface area contributed by atoms with Crippen LogP contribution in [0.1, 0.15) is 54.2 Å². The van der Waals surface area contributed by atoms with Gasteiger partial charge in [0, 0.05) is 37.2 Å². The third kappa shape index (κ3) is 8.15. The van der Waals surface area contributed by atoms with Gasteiger partial charge in [-0.25, -0.2) is 9.97 Å². The molecule has 11 heteroatoms. The number of hydrogen-bond acceptors (Lipinski definition) is 8. The van der Waals surface area contributed by atoms with Crippen LogP contribution in [-0.2, 0) is 13.0 Å². The molecular weight excluding hydrogens is 511 g/mol. The van der Waals surface area contributed by atoms with Crippen LogP contribution < -0.4 is 22.1 Å². The van der Waals surface area contributed by atoms with E-state index in [2.05, 4.69) is 44.7 Å². The maximum absolute atomic E-state index is 11.5. The smallest absolute Gasteiger partial charge is 0.271 e. The molecule has 1 saturated heterocycles. The number of halogens is 2. The molecule has 37 heavy (non-hydrogen) atoms. The number of hydrogen-bond donors (Lipinski definition) is 3. The number of rotatable bonds is 13. The maximum Gasteiger partial charge on any atom is 0.271 e. The Hall–Kier alpha value is -2.17. The summed E-state index contributed by atoms with van der Waals surface area (Å²) in [4.78, 5) is 27.1. The van der Waals surface area contributed by atoms with Crippen molar-refractivity contribution < 1.29 is 4.79 Å². The molecule has 1 aliphatic rings. The number of aromatic nitrogens is 2. The van der Waals surface area contributed by atoms with Gasteiger partial charge in [-0.3, -0.25) is 9.69 Å². The lowest BCUT2D eigenvalue weighted by molar-refractivity contribution is 0.0996. The van der Waals surface area contributed by atoms with E-state index in [1.165, 1.54) is 11.1 Å². The van der Waals surface area contributed by atoms with E-state index in [4.69, 9.17) is 40.4 Å². The Morgan fingerprint density at radius 2 is 1.86 bits per heavy atom. The average Bonchev–Trinajstić information content (AvgIpc) is 2.87. The highest BCUT2D eigenvalue weighted by Crippen LogP contribution is 2.26. The van der Waals surface area contributed by atoms with Crippen molar-refractivity contribution in [2.24, 2.45) is 11.5 Å². The second kappa shape index (κ2) is 14.1. The van der Waals surface area contributed by atoms with Gasteiger partial charge in [0.25, 0.3) is 5.91 Å². The molecule has 204 valence electrons. The molecule has 0 bridgehead atoms. The van der Waals surface area contributed by atoms with Crippen molar-refractivity contribution in [1.29, 1.82) is 0 Å². The predicted octanol–water partition coefficient (Wildman–Crippen LogP) is 3.17. The molecule has 2 aromatic rings. The summed E-state index contributed by atoms with van der Waals surface area (Å²) in [5.41, 5.74) is 19.5. The predicted molar refractivity (Wildman–Crippen MR) is 152 cm³/mol. The summed E-state index contributed by atoms with van der Waals surface area (Å²) in [5.74, 6) is -0.238. The molecule has 0 atom stereocenters. The molecule has 0 unspecified atom stereocenters. The normalized spacial score (nSPS) is 14.9. The summed E-state index contributed by atoms with van der Waals surface area (Å²) in [6.07, 6.45) is 5.06. The van der Waals surface area contributed by atoms with Gasteiger partial charge in [-0.2, -0.15) is 0 Å². The number of unbranched alkanes of at least 4 members (excludes halogenated alkanes) is 1. The molecular formula is C26H40Cl2N8O. The lowest BCUT2D eigenvalue weighted by Gasteiger charge is -2.38. The number of nitrogens with two attached hydrogens (primary N) is 3. The Morgan fingerprint density at radius 1 is 1.14 bits per heavy atom. The molecule has 1 aromatic carbocycles. The van der Waals surface area contributed by atoms with Crippen LogP contribution in [0, 0.1) is 0 Å². The summed E-state index contributed by atoms with van der Waals surface area (Å²) >= 11 is 12.6. The third-order valence-corrected chi connectivity index (χ3v) is 7.55. The number of piperidine rings is 1. The number of primary amides is 1. The molecule has 2 heterocycles. The van der Waals surface area contributed by atoms with Gasteiger partial charge in [-0.15, -0.1) is 0 Å². The van der Waals surface area contributed by atoms with E-state index in [0.717, 1.165) is 76.4 Å². The number of likely N-dealkylation sites (tertiary alicyclic amines) is 1. The molecule has 6 N–H and O–H groups in total. The van der Waals surface area contributed by atoms with Gasteiger partial charge in [0.2, 0.25) is 0 Å². The van der Waals surface area contributed by atoms with Crippen LogP contribution in [0.25, 0.3) is 0 Å². The Bertz CT molecular complexity index is 1050. The Labute approximate surface area is 230 Å². The van der Waals surface area contributed by atoms with Crippen molar-refractivity contribution in [3.63, 3.8) is 0 Å². The minimum Gasteiger partial charge on any atom is -0.382 e. The van der Waals surface area contributed by atoms with Crippen molar-refractivity contribution in [1.82, 2.24) is 19.8 Å². The number of anilines is 2. The van der Waals surface area contributed by atoms with Crippen LogP contribution in [0.5, 0.6) is 0 Å². The zero-order valence-electron chi connectivity index (χ0n) is 21.9. The monoisotopic (exact) mass is 550 g/mol. The number of carbonyl (C=O) groups excluding carboxylic acids is 1. The summed E-state index contributed by atoms with van der Waals surface area (Å²) in [5, 5.41) is 0.908. The highest BCUT2D eigenvalue weighted by molar-refractivity contribution is 6.32. The molecule has 0 radical (unpaired) electrons. The van der Waals surface area contributed by atoms with E-state index in [-0.39, 0.29) is 16.7 Å². The molecule has 0 aliphatic carbocycles. The van der Waals surface area contributed by atoms with Gasteiger partial charge in [-0.05, 0) is 75.6 Å². The molecule has 1 aliphatic heterocycles. The zero-order chi connectivity index (χ0) is 26.9. The first-order valence-electron chi connectivity index (χ1n) is 13.0. The standard InChI is InChI=1S/C26H40Cl2N8O/c1-3-4-11-36(26-23(28)32-22(25(31)37)24(30)33-26)15-14-34(2)21-8-12-35(13-9-21)17-19-5-6-20(27)16-18(19)7-10-29/h5-6,16,21H,3-4,7-15,17,29H2,1-2H3,(H2,30,33)(H2,31,37). The SMILES string of the molecule is CCCCN(CCN(C)C1CCN(Cc2ccc(Cl)cc2CCN)CC1)c1nc(N)c(C(N)=O)nc1Cl. The first-order valence-corrected chi connectivity index (χ1v) is 13.8. The summed E-state index contributed by atoms with van der Waals surface area (Å²) in [6, 6.07) is 6.64. The molecule has 0 spiro atoms. The zero-order valence-corrected chi connectivity index (χ0v) is 23.4. The van der Waals surface area contributed by atoms with Gasteiger partial charge in [0.1, 0.15) is 0 Å². The van der Waals surface area contributed by atoms with E-state index in [9.17, 15) is 4.79 Å². The number of nitrogen functional groups attached to an aromatic ring is 1. The van der Waals surface area contributed by atoms with Crippen LogP contribution in [0.3, 0.4) is 0 Å². The molecule has 1 aromatic heterocycles. The van der Waals surface area contributed by atoms with Crippen LogP contribution in [0.2, 0.25) is 10.2 Å². The number of carbonyl (C=O) groups is 1. The summed E-state index contributed by atoms with van der Waals surface area (Å²) < 4.78 is 0. The summed E-state index contributed by atoms with van der Waals surface area (Å²) in [7, 11) is 2.18. The molecule has 3 rings (SSSR count). The van der Waals surface area contributed by atoms with Gasteiger partial charge < -0.3 is 27.0 Å². The van der Waals surface area contributed by atoms with Crippen LogP contribution in [-0.4, -0.2) is 78.0 Å². The highest BCUT2D eigenvalue weighted by Gasteiger charge is 2.24. The summed E-state index contributed by atoms with van der Waals surface area (Å²) in [6.45, 7) is 8.12. The van der Waals surface area contributed by atoms with E-state index in [1.54, 1.807) is 0 Å². The Balaban J connectivity index is 1.57. The number of benzene rings is 1. The molecule has 1 fully saturated rings. The first-order chi connectivity index (χ1) is 17.7. The minimum absolute atomic E-state index is 0.00410. The van der Waals surface area contributed by atoms with E-state index in [1.807, 2.05) is 12.1 Å². The highest BCUT2D eigenvalue weighted by atomic mass is 35.5. The fraction of sp³-hybridized carbons (Fsp3) is 0.577. The fourth-order valence-electron chi connectivity index (χ4n) is 4.83. The van der Waals surface area contributed by atoms with Gasteiger partial charge in [0.05, 0.1) is 0 Å². The molecule has 9 nitrogen and oxygen atoms in total. The average molecular weight is 552 g/mol. The van der Waals surface area contributed by atoms with Crippen LogP contribution in [0.4, 0.5) is 11.6 Å². The van der Waals surface area contributed by atoms with Crippen molar-refractivity contribution >= 4 is 40.7 Å². The molecule has 0 saturated carbocycles. The quantitative estimate of drug-likeness (QED) is 0.346. The van der Waals surface area contributed by atoms with Crippen molar-refractivity contribution in [2.45, 2.75) is 51.6 Å². The number of likely N-dealkylation sites (N-methyl/N-ethyl adjacent to an activating group) is 1. The van der Waals surface area contributed by atoms with Gasteiger partial charge in [0.15, 0.2) is 22.5 Å². The van der Waals surface area contributed by atoms with Crippen LogP contribution in [0.15, 0.2) is 18.2 Å². The van der Waals surface area contributed by atoms with Crippen molar-refractivity contribution in [3.8, 4) is 0 Å².